The van der Waals surface area contributed by atoms with Crippen LogP contribution in [-0.2, 0) is 4.79 Å². The lowest BCUT2D eigenvalue weighted by atomic mass is 10.1. The molecule has 0 aliphatic carbocycles. The Morgan fingerprint density at radius 3 is 2.28 bits per heavy atom. The molecule has 3 N–H and O–H groups in total. The topological polar surface area (TPSA) is 62.6 Å². The Hall–Kier alpha value is -2.18. The summed E-state index contributed by atoms with van der Waals surface area (Å²) in [6.45, 7) is 0.706. The Morgan fingerprint density at radius 2 is 1.68 bits per heavy atom. The van der Waals surface area contributed by atoms with Gasteiger partial charge < -0.3 is 15.5 Å². The molecule has 0 bridgehead atoms. The molecule has 0 aromatic heterocycles. The molecule has 2 rings (SSSR count). The average Bonchev–Trinajstić information content (AvgIpc) is 2.60. The van der Waals surface area contributed by atoms with E-state index in [-0.39, 0.29) is 24.4 Å². The Bertz CT molecular complexity index is 702. The molecule has 2 amide bonds. The average molecular weight is 405 g/mol. The number of quaternary nitrogens is 1. The van der Waals surface area contributed by atoms with Gasteiger partial charge in [0.15, 0.2) is 0 Å². The molecule has 6 heteroatoms. The standard InChI is InChI=1S/C19H22BrN3O2/c1-23(2)13-17(14-6-4-3-5-7-14)22-18(24)12-21-19(25)15-8-10-16(20)11-9-15/h3-11,17H,12-13H2,1-2H3,(H,21,25)(H,22,24)/p+1/t17-/m0/s1. The zero-order valence-corrected chi connectivity index (χ0v) is 16.0. The number of amides is 2. The third-order valence-corrected chi connectivity index (χ3v) is 4.19. The van der Waals surface area contributed by atoms with Crippen molar-refractivity contribution >= 4 is 27.7 Å². The number of rotatable bonds is 7. The van der Waals surface area contributed by atoms with Gasteiger partial charge in [0.2, 0.25) is 5.91 Å². The summed E-state index contributed by atoms with van der Waals surface area (Å²) >= 11 is 3.33. The van der Waals surface area contributed by atoms with Crippen molar-refractivity contribution in [2.24, 2.45) is 0 Å². The summed E-state index contributed by atoms with van der Waals surface area (Å²) in [6, 6.07) is 16.7. The first-order valence-electron chi connectivity index (χ1n) is 8.13. The van der Waals surface area contributed by atoms with E-state index >= 15 is 0 Å². The Balaban J connectivity index is 1.92. The monoisotopic (exact) mass is 404 g/mol. The molecular formula is C19H23BrN3O2+. The molecule has 0 spiro atoms. The maximum atomic E-state index is 12.3. The molecule has 5 nitrogen and oxygen atoms in total. The van der Waals surface area contributed by atoms with Crippen LogP contribution >= 0.6 is 15.9 Å². The summed E-state index contributed by atoms with van der Waals surface area (Å²) in [4.78, 5) is 25.6. The lowest BCUT2D eigenvalue weighted by molar-refractivity contribution is -0.860. The van der Waals surface area contributed by atoms with Crippen LogP contribution in [0.4, 0.5) is 0 Å². The van der Waals surface area contributed by atoms with Crippen LogP contribution in [0.5, 0.6) is 0 Å². The van der Waals surface area contributed by atoms with E-state index in [0.717, 1.165) is 16.6 Å². The molecule has 0 heterocycles. The number of hydrogen-bond acceptors (Lipinski definition) is 2. The fraction of sp³-hybridized carbons (Fsp3) is 0.263. The first-order valence-corrected chi connectivity index (χ1v) is 8.92. The van der Waals surface area contributed by atoms with Gasteiger partial charge in [0.25, 0.3) is 5.91 Å². The third-order valence-electron chi connectivity index (χ3n) is 3.67. The second-order valence-electron chi connectivity index (χ2n) is 6.13. The number of likely N-dealkylation sites (N-methyl/N-ethyl adjacent to an activating group) is 1. The lowest BCUT2D eigenvalue weighted by Crippen LogP contribution is -3.06. The van der Waals surface area contributed by atoms with E-state index in [1.54, 1.807) is 24.3 Å². The van der Waals surface area contributed by atoms with Crippen LogP contribution < -0.4 is 15.5 Å². The fourth-order valence-corrected chi connectivity index (χ4v) is 2.72. The molecule has 132 valence electrons. The molecule has 0 aliphatic rings. The van der Waals surface area contributed by atoms with Gasteiger partial charge in [-0.25, -0.2) is 0 Å². The van der Waals surface area contributed by atoms with Gasteiger partial charge in [0.05, 0.1) is 20.6 Å². The predicted molar refractivity (Wildman–Crippen MR) is 101 cm³/mol. The number of halogens is 1. The van der Waals surface area contributed by atoms with E-state index in [4.69, 9.17) is 0 Å². The molecular weight excluding hydrogens is 382 g/mol. The van der Waals surface area contributed by atoms with Gasteiger partial charge >= 0.3 is 0 Å². The molecule has 0 saturated carbocycles. The van der Waals surface area contributed by atoms with Gasteiger partial charge in [-0.2, -0.15) is 0 Å². The highest BCUT2D eigenvalue weighted by molar-refractivity contribution is 9.10. The Morgan fingerprint density at radius 1 is 1.04 bits per heavy atom. The van der Waals surface area contributed by atoms with Crippen LogP contribution in [0.2, 0.25) is 0 Å². The van der Waals surface area contributed by atoms with Crippen molar-refractivity contribution in [3.63, 3.8) is 0 Å². The van der Waals surface area contributed by atoms with Crippen molar-refractivity contribution < 1.29 is 14.5 Å². The molecule has 0 fully saturated rings. The third kappa shape index (κ3) is 6.32. The van der Waals surface area contributed by atoms with Gasteiger partial charge in [0.1, 0.15) is 12.6 Å². The fourth-order valence-electron chi connectivity index (χ4n) is 2.46. The SMILES string of the molecule is C[NH+](C)C[C@H](NC(=O)CNC(=O)c1ccc(Br)cc1)c1ccccc1. The van der Waals surface area contributed by atoms with E-state index in [9.17, 15) is 9.59 Å². The summed E-state index contributed by atoms with van der Waals surface area (Å²) < 4.78 is 0.902. The quantitative estimate of drug-likeness (QED) is 0.648. The van der Waals surface area contributed by atoms with Crippen LogP contribution in [0.25, 0.3) is 0 Å². The molecule has 0 aliphatic heterocycles. The van der Waals surface area contributed by atoms with Crippen molar-refractivity contribution in [3.05, 3.63) is 70.2 Å². The minimum atomic E-state index is -0.267. The lowest BCUT2D eigenvalue weighted by Gasteiger charge is -2.21. The highest BCUT2D eigenvalue weighted by Gasteiger charge is 2.18. The predicted octanol–water partition coefficient (Wildman–Crippen LogP) is 1.18. The van der Waals surface area contributed by atoms with E-state index in [1.165, 1.54) is 4.90 Å². The number of hydrogen-bond donors (Lipinski definition) is 3. The largest absolute Gasteiger partial charge is 0.343 e. The molecule has 0 saturated heterocycles. The summed E-state index contributed by atoms with van der Waals surface area (Å²) in [6.07, 6.45) is 0. The van der Waals surface area contributed by atoms with E-state index < -0.39 is 0 Å². The van der Waals surface area contributed by atoms with Crippen LogP contribution in [0.1, 0.15) is 22.0 Å². The second kappa shape index (κ2) is 9.34. The summed E-state index contributed by atoms with van der Waals surface area (Å²) in [5.74, 6) is -0.474. The summed E-state index contributed by atoms with van der Waals surface area (Å²) in [5.41, 5.74) is 1.57. The van der Waals surface area contributed by atoms with E-state index in [1.807, 2.05) is 44.4 Å². The molecule has 0 unspecified atom stereocenters. The number of carbonyl (C=O) groups excluding carboxylic acids is 2. The number of carbonyl (C=O) groups is 2. The Kier molecular flexibility index (Phi) is 7.16. The van der Waals surface area contributed by atoms with Crippen LogP contribution in [-0.4, -0.2) is 39.0 Å². The highest BCUT2D eigenvalue weighted by Crippen LogP contribution is 2.11. The summed E-state index contributed by atoms with van der Waals surface area (Å²) in [5, 5.41) is 5.65. The molecule has 0 radical (unpaired) electrons. The van der Waals surface area contributed by atoms with E-state index in [2.05, 4.69) is 26.6 Å². The first kappa shape index (κ1) is 19.1. The van der Waals surface area contributed by atoms with Gasteiger partial charge in [-0.3, -0.25) is 9.59 Å². The molecule has 2 aromatic carbocycles. The van der Waals surface area contributed by atoms with Gasteiger partial charge in [0, 0.05) is 10.0 Å². The minimum absolute atomic E-state index is 0.0546. The van der Waals surface area contributed by atoms with Crippen molar-refractivity contribution in [2.75, 3.05) is 27.2 Å². The zero-order chi connectivity index (χ0) is 18.2. The van der Waals surface area contributed by atoms with Crippen LogP contribution in [0.15, 0.2) is 59.1 Å². The van der Waals surface area contributed by atoms with Crippen molar-refractivity contribution in [2.45, 2.75) is 6.04 Å². The number of nitrogens with one attached hydrogen (secondary N) is 3. The van der Waals surface area contributed by atoms with Gasteiger partial charge in [-0.15, -0.1) is 0 Å². The normalized spacial score (nSPS) is 11.8. The van der Waals surface area contributed by atoms with Gasteiger partial charge in [-0.05, 0) is 29.8 Å². The Labute approximate surface area is 156 Å². The van der Waals surface area contributed by atoms with Crippen molar-refractivity contribution in [1.82, 2.24) is 10.6 Å². The maximum Gasteiger partial charge on any atom is 0.251 e. The molecule has 25 heavy (non-hydrogen) atoms. The highest BCUT2D eigenvalue weighted by atomic mass is 79.9. The van der Waals surface area contributed by atoms with Crippen molar-refractivity contribution in [3.8, 4) is 0 Å². The van der Waals surface area contributed by atoms with Crippen LogP contribution in [0, 0.1) is 0 Å². The molecule has 2 aromatic rings. The van der Waals surface area contributed by atoms with E-state index in [0.29, 0.717) is 5.56 Å². The minimum Gasteiger partial charge on any atom is -0.343 e. The smallest absolute Gasteiger partial charge is 0.251 e. The summed E-state index contributed by atoms with van der Waals surface area (Å²) in [7, 11) is 4.08. The first-order chi connectivity index (χ1) is 12.0. The maximum absolute atomic E-state index is 12.3. The molecule has 1 atom stereocenters. The zero-order valence-electron chi connectivity index (χ0n) is 14.4. The number of benzene rings is 2. The van der Waals surface area contributed by atoms with Crippen molar-refractivity contribution in [1.29, 1.82) is 0 Å². The second-order valence-corrected chi connectivity index (χ2v) is 7.05. The van der Waals surface area contributed by atoms with Gasteiger partial charge in [-0.1, -0.05) is 46.3 Å². The van der Waals surface area contributed by atoms with Crippen LogP contribution in [0.3, 0.4) is 0 Å².